The molecule has 1 aliphatic heterocycles. The van der Waals surface area contributed by atoms with Gasteiger partial charge in [-0.3, -0.25) is 9.59 Å². The van der Waals surface area contributed by atoms with Crippen molar-refractivity contribution in [2.24, 2.45) is 11.1 Å². The summed E-state index contributed by atoms with van der Waals surface area (Å²) in [6.45, 7) is 4.19. The minimum Gasteiger partial charge on any atom is -0.481 e. The van der Waals surface area contributed by atoms with Gasteiger partial charge in [-0.25, -0.2) is 0 Å². The molecule has 1 rings (SSSR count). The van der Waals surface area contributed by atoms with E-state index in [1.165, 1.54) is 0 Å². The Morgan fingerprint density at radius 2 is 2.00 bits per heavy atom. The van der Waals surface area contributed by atoms with E-state index < -0.39 is 17.5 Å². The maximum Gasteiger partial charge on any atom is 0.311 e. The van der Waals surface area contributed by atoms with Gasteiger partial charge in [-0.2, -0.15) is 0 Å². The Kier molecular flexibility index (Phi) is 5.75. The molecule has 1 amide bonds. The highest BCUT2D eigenvalue weighted by atomic mass is 16.5. The third-order valence-electron chi connectivity index (χ3n) is 4.07. The molecule has 110 valence electrons. The normalized spacial score (nSPS) is 23.3. The fourth-order valence-electron chi connectivity index (χ4n) is 2.32. The molecule has 0 spiro atoms. The van der Waals surface area contributed by atoms with Crippen LogP contribution in [0.15, 0.2) is 0 Å². The number of aliphatic carboxylic acids is 1. The van der Waals surface area contributed by atoms with Crippen LogP contribution in [0.1, 0.15) is 39.5 Å². The monoisotopic (exact) mass is 272 g/mol. The second-order valence-corrected chi connectivity index (χ2v) is 5.07. The summed E-state index contributed by atoms with van der Waals surface area (Å²) in [7, 11) is 0. The van der Waals surface area contributed by atoms with Gasteiger partial charge in [0.15, 0.2) is 0 Å². The van der Waals surface area contributed by atoms with Gasteiger partial charge in [-0.15, -0.1) is 0 Å². The Labute approximate surface area is 113 Å². The molecule has 0 aromatic rings. The molecule has 2 atom stereocenters. The highest BCUT2D eigenvalue weighted by Crippen LogP contribution is 2.26. The average molecular weight is 272 g/mol. The third kappa shape index (κ3) is 3.67. The standard InChI is InChI=1S/C13H24N2O4/c1-3-13(4-2,12(17)18)8-15-11(16)10-6-5-9(7-14)19-10/h9-10H,3-8,14H2,1-2H3,(H,15,16)(H,17,18). The number of ether oxygens (including phenoxy) is 1. The Bertz CT molecular complexity index is 329. The van der Waals surface area contributed by atoms with Gasteiger partial charge in [0.25, 0.3) is 0 Å². The van der Waals surface area contributed by atoms with E-state index in [1.54, 1.807) is 0 Å². The van der Waals surface area contributed by atoms with Crippen molar-refractivity contribution in [3.8, 4) is 0 Å². The van der Waals surface area contributed by atoms with Crippen LogP contribution in [0.3, 0.4) is 0 Å². The minimum atomic E-state index is -0.887. The first kappa shape index (κ1) is 15.9. The van der Waals surface area contributed by atoms with Crippen LogP contribution in [-0.2, 0) is 14.3 Å². The van der Waals surface area contributed by atoms with E-state index >= 15 is 0 Å². The number of nitrogens with one attached hydrogen (secondary N) is 1. The molecular formula is C13H24N2O4. The molecule has 0 bridgehead atoms. The van der Waals surface area contributed by atoms with Crippen molar-refractivity contribution in [2.45, 2.75) is 51.7 Å². The average Bonchev–Trinajstić information content (AvgIpc) is 2.88. The lowest BCUT2D eigenvalue weighted by molar-refractivity contribution is -0.149. The summed E-state index contributed by atoms with van der Waals surface area (Å²) in [6.07, 6.45) is 1.84. The second kappa shape index (κ2) is 6.86. The number of nitrogens with two attached hydrogens (primary N) is 1. The lowest BCUT2D eigenvalue weighted by atomic mass is 9.82. The maximum absolute atomic E-state index is 11.9. The number of rotatable bonds is 7. The van der Waals surface area contributed by atoms with Gasteiger partial charge in [-0.05, 0) is 25.7 Å². The molecule has 1 fully saturated rings. The zero-order chi connectivity index (χ0) is 14.5. The highest BCUT2D eigenvalue weighted by Gasteiger charge is 2.37. The van der Waals surface area contributed by atoms with E-state index in [4.69, 9.17) is 10.5 Å². The maximum atomic E-state index is 11.9. The molecule has 0 aliphatic carbocycles. The number of amides is 1. The quantitative estimate of drug-likeness (QED) is 0.626. The van der Waals surface area contributed by atoms with Crippen LogP contribution in [0.2, 0.25) is 0 Å². The minimum absolute atomic E-state index is 0.0580. The largest absolute Gasteiger partial charge is 0.481 e. The highest BCUT2D eigenvalue weighted by molar-refractivity contribution is 5.82. The van der Waals surface area contributed by atoms with Gasteiger partial charge in [-0.1, -0.05) is 13.8 Å². The summed E-state index contributed by atoms with van der Waals surface area (Å²) in [4.78, 5) is 23.3. The van der Waals surface area contributed by atoms with Crippen molar-refractivity contribution < 1.29 is 19.4 Å². The fraction of sp³-hybridized carbons (Fsp3) is 0.846. The van der Waals surface area contributed by atoms with Crippen LogP contribution in [0, 0.1) is 5.41 Å². The van der Waals surface area contributed by atoms with E-state index in [1.807, 2.05) is 13.8 Å². The zero-order valence-corrected chi connectivity index (χ0v) is 11.6. The van der Waals surface area contributed by atoms with Gasteiger partial charge in [0.1, 0.15) is 6.10 Å². The van der Waals surface area contributed by atoms with Crippen molar-refractivity contribution in [1.29, 1.82) is 0 Å². The van der Waals surface area contributed by atoms with Gasteiger partial charge in [0.2, 0.25) is 5.91 Å². The second-order valence-electron chi connectivity index (χ2n) is 5.07. The first-order chi connectivity index (χ1) is 8.99. The summed E-state index contributed by atoms with van der Waals surface area (Å²) in [6, 6.07) is 0. The number of carboxylic acid groups (broad SMARTS) is 1. The SMILES string of the molecule is CCC(CC)(CNC(=O)C1CCC(CN)O1)C(=O)O. The Hall–Kier alpha value is -1.14. The molecule has 6 nitrogen and oxygen atoms in total. The van der Waals surface area contributed by atoms with Gasteiger partial charge in [0, 0.05) is 13.1 Å². The molecule has 0 radical (unpaired) electrons. The van der Waals surface area contributed by atoms with Crippen LogP contribution in [-0.4, -0.2) is 42.3 Å². The van der Waals surface area contributed by atoms with E-state index in [9.17, 15) is 14.7 Å². The van der Waals surface area contributed by atoms with E-state index in [2.05, 4.69) is 5.32 Å². The number of hydrogen-bond acceptors (Lipinski definition) is 4. The molecule has 2 unspecified atom stereocenters. The summed E-state index contributed by atoms with van der Waals surface area (Å²) >= 11 is 0. The number of carbonyl (C=O) groups excluding carboxylic acids is 1. The van der Waals surface area contributed by atoms with Crippen LogP contribution < -0.4 is 11.1 Å². The zero-order valence-electron chi connectivity index (χ0n) is 11.6. The lowest BCUT2D eigenvalue weighted by Crippen LogP contribution is -2.45. The van der Waals surface area contributed by atoms with Gasteiger partial charge < -0.3 is 20.9 Å². The Morgan fingerprint density at radius 1 is 1.37 bits per heavy atom. The fourth-order valence-corrected chi connectivity index (χ4v) is 2.32. The predicted molar refractivity (Wildman–Crippen MR) is 70.6 cm³/mol. The molecule has 6 heteroatoms. The van der Waals surface area contributed by atoms with Gasteiger partial charge >= 0.3 is 5.97 Å². The van der Waals surface area contributed by atoms with Crippen molar-refractivity contribution in [1.82, 2.24) is 5.32 Å². The third-order valence-corrected chi connectivity index (χ3v) is 4.07. The van der Waals surface area contributed by atoms with Crippen LogP contribution in [0.5, 0.6) is 0 Å². The molecule has 19 heavy (non-hydrogen) atoms. The molecular weight excluding hydrogens is 248 g/mol. The Morgan fingerprint density at radius 3 is 2.42 bits per heavy atom. The summed E-state index contributed by atoms with van der Waals surface area (Å²) in [5.41, 5.74) is 4.60. The molecule has 0 aromatic heterocycles. The smallest absolute Gasteiger partial charge is 0.311 e. The van der Waals surface area contributed by atoms with Crippen LogP contribution in [0.4, 0.5) is 0 Å². The lowest BCUT2D eigenvalue weighted by Gasteiger charge is -2.27. The van der Waals surface area contributed by atoms with Crippen LogP contribution in [0.25, 0.3) is 0 Å². The van der Waals surface area contributed by atoms with E-state index in [0.717, 1.165) is 6.42 Å². The molecule has 0 saturated carbocycles. The number of carboxylic acids is 1. The summed E-state index contributed by atoms with van der Waals surface area (Å²) in [5, 5.41) is 12.0. The predicted octanol–water partition coefficient (Wildman–Crippen LogP) is 0.500. The number of carbonyl (C=O) groups is 2. The summed E-state index contributed by atoms with van der Waals surface area (Å²) in [5.74, 6) is -1.10. The van der Waals surface area contributed by atoms with Gasteiger partial charge in [0.05, 0.1) is 11.5 Å². The van der Waals surface area contributed by atoms with Crippen molar-refractivity contribution in [2.75, 3.05) is 13.1 Å². The summed E-state index contributed by atoms with van der Waals surface area (Å²) < 4.78 is 5.48. The number of hydrogen-bond donors (Lipinski definition) is 3. The molecule has 1 saturated heterocycles. The van der Waals surface area contributed by atoms with Crippen molar-refractivity contribution in [3.63, 3.8) is 0 Å². The molecule has 0 aromatic carbocycles. The topological polar surface area (TPSA) is 102 Å². The Balaban J connectivity index is 2.51. The van der Waals surface area contributed by atoms with Crippen LogP contribution >= 0.6 is 0 Å². The molecule has 4 N–H and O–H groups in total. The van der Waals surface area contributed by atoms with E-state index in [-0.39, 0.29) is 18.6 Å². The molecule has 1 heterocycles. The van der Waals surface area contributed by atoms with Crippen molar-refractivity contribution >= 4 is 11.9 Å². The first-order valence-corrected chi connectivity index (χ1v) is 6.85. The molecule has 1 aliphatic rings. The van der Waals surface area contributed by atoms with E-state index in [0.29, 0.717) is 25.8 Å². The first-order valence-electron chi connectivity index (χ1n) is 6.85. The van der Waals surface area contributed by atoms with Crippen molar-refractivity contribution in [3.05, 3.63) is 0 Å².